The molecule has 0 saturated carbocycles. The van der Waals surface area contributed by atoms with Crippen LogP contribution < -0.4 is 10.6 Å². The fourth-order valence-electron chi connectivity index (χ4n) is 2.17. The summed E-state index contributed by atoms with van der Waals surface area (Å²) in [5, 5.41) is 7.38. The number of benzene rings is 2. The zero-order valence-electron chi connectivity index (χ0n) is 11.5. The summed E-state index contributed by atoms with van der Waals surface area (Å²) in [6, 6.07) is 16.1. The minimum absolute atomic E-state index is 0.596. The fourth-order valence-corrected chi connectivity index (χ4v) is 2.17. The van der Waals surface area contributed by atoms with E-state index < -0.39 is 0 Å². The topological polar surface area (TPSA) is 49.8 Å². The van der Waals surface area contributed by atoms with Gasteiger partial charge in [-0.25, -0.2) is 4.98 Å². The van der Waals surface area contributed by atoms with Gasteiger partial charge in [0.05, 0.1) is 5.52 Å². The normalized spacial score (nSPS) is 10.5. The van der Waals surface area contributed by atoms with E-state index in [-0.39, 0.29) is 0 Å². The van der Waals surface area contributed by atoms with Gasteiger partial charge in [0.15, 0.2) is 0 Å². The number of rotatable bonds is 3. The van der Waals surface area contributed by atoms with Crippen molar-refractivity contribution in [1.82, 2.24) is 9.97 Å². The molecule has 2 aromatic carbocycles. The molecule has 3 aromatic rings. The summed E-state index contributed by atoms with van der Waals surface area (Å²) in [4.78, 5) is 9.06. The second kappa shape index (κ2) is 5.17. The van der Waals surface area contributed by atoms with Crippen molar-refractivity contribution in [2.75, 3.05) is 17.7 Å². The Bertz CT molecular complexity index is 752. The van der Waals surface area contributed by atoms with Crippen molar-refractivity contribution in [3.63, 3.8) is 0 Å². The van der Waals surface area contributed by atoms with Gasteiger partial charge >= 0.3 is 0 Å². The van der Waals surface area contributed by atoms with Crippen LogP contribution in [0.4, 0.5) is 17.5 Å². The summed E-state index contributed by atoms with van der Waals surface area (Å²) in [5.41, 5.74) is 3.11. The van der Waals surface area contributed by atoms with Crippen LogP contribution in [-0.2, 0) is 0 Å². The third-order valence-corrected chi connectivity index (χ3v) is 3.11. The molecular formula is C16H16N4. The lowest BCUT2D eigenvalue weighted by molar-refractivity contribution is 1.20. The number of nitrogens with zero attached hydrogens (tertiary/aromatic N) is 2. The van der Waals surface area contributed by atoms with Crippen molar-refractivity contribution in [2.45, 2.75) is 6.92 Å². The maximum atomic E-state index is 4.55. The minimum atomic E-state index is 0.596. The number of hydrogen-bond acceptors (Lipinski definition) is 4. The lowest BCUT2D eigenvalue weighted by Gasteiger charge is -2.10. The molecule has 2 N–H and O–H groups in total. The van der Waals surface area contributed by atoms with Crippen LogP contribution >= 0.6 is 0 Å². The van der Waals surface area contributed by atoms with E-state index in [1.54, 1.807) is 0 Å². The largest absolute Gasteiger partial charge is 0.372 e. The summed E-state index contributed by atoms with van der Waals surface area (Å²) in [6.45, 7) is 2.06. The number of aromatic nitrogens is 2. The van der Waals surface area contributed by atoms with Gasteiger partial charge in [-0.1, -0.05) is 24.3 Å². The predicted molar refractivity (Wildman–Crippen MR) is 83.5 cm³/mol. The Morgan fingerprint density at radius 3 is 2.60 bits per heavy atom. The van der Waals surface area contributed by atoms with Gasteiger partial charge in [0.1, 0.15) is 5.82 Å². The monoisotopic (exact) mass is 264 g/mol. The van der Waals surface area contributed by atoms with Gasteiger partial charge in [0, 0.05) is 18.1 Å². The number of anilines is 3. The van der Waals surface area contributed by atoms with Gasteiger partial charge in [-0.2, -0.15) is 4.98 Å². The maximum Gasteiger partial charge on any atom is 0.229 e. The van der Waals surface area contributed by atoms with Crippen molar-refractivity contribution >= 4 is 28.4 Å². The predicted octanol–water partition coefficient (Wildman–Crippen LogP) is 3.72. The first-order valence-electron chi connectivity index (χ1n) is 6.54. The number of nitrogens with one attached hydrogen (secondary N) is 2. The highest BCUT2D eigenvalue weighted by Crippen LogP contribution is 2.23. The van der Waals surface area contributed by atoms with E-state index >= 15 is 0 Å². The molecule has 4 nitrogen and oxygen atoms in total. The van der Waals surface area contributed by atoms with E-state index in [1.165, 1.54) is 5.56 Å². The molecule has 0 fully saturated rings. The van der Waals surface area contributed by atoms with Crippen LogP contribution in [0.1, 0.15) is 5.56 Å². The highest BCUT2D eigenvalue weighted by atomic mass is 15.1. The molecule has 4 heteroatoms. The second-order valence-electron chi connectivity index (χ2n) is 4.66. The zero-order valence-corrected chi connectivity index (χ0v) is 11.5. The number of para-hydroxylation sites is 1. The van der Waals surface area contributed by atoms with Crippen molar-refractivity contribution in [1.29, 1.82) is 0 Å². The standard InChI is InChI=1S/C16H16N4/c1-11-6-5-7-12(10-11)18-16-19-14-9-4-3-8-13(14)15(17-2)20-16/h3-10H,1-2H3,(H2,17,18,19,20). The van der Waals surface area contributed by atoms with Crippen molar-refractivity contribution in [3.8, 4) is 0 Å². The third-order valence-electron chi connectivity index (χ3n) is 3.11. The molecule has 0 spiro atoms. The quantitative estimate of drug-likeness (QED) is 0.757. The number of hydrogen-bond donors (Lipinski definition) is 2. The molecule has 1 aromatic heterocycles. The Morgan fingerprint density at radius 2 is 1.80 bits per heavy atom. The first kappa shape index (κ1) is 12.4. The van der Waals surface area contributed by atoms with Crippen LogP contribution in [0.5, 0.6) is 0 Å². The van der Waals surface area contributed by atoms with Crippen molar-refractivity contribution in [3.05, 3.63) is 54.1 Å². The van der Waals surface area contributed by atoms with Gasteiger partial charge in [-0.15, -0.1) is 0 Å². The van der Waals surface area contributed by atoms with Gasteiger partial charge in [-0.05, 0) is 36.8 Å². The van der Waals surface area contributed by atoms with E-state index in [4.69, 9.17) is 0 Å². The van der Waals surface area contributed by atoms with Crippen LogP contribution in [0, 0.1) is 6.92 Å². The molecule has 0 radical (unpaired) electrons. The van der Waals surface area contributed by atoms with E-state index in [0.29, 0.717) is 5.95 Å². The molecule has 0 aliphatic rings. The molecule has 0 aliphatic heterocycles. The minimum Gasteiger partial charge on any atom is -0.372 e. The Kier molecular flexibility index (Phi) is 3.21. The average Bonchev–Trinajstić information content (AvgIpc) is 2.46. The summed E-state index contributed by atoms with van der Waals surface area (Å²) < 4.78 is 0. The molecule has 0 atom stereocenters. The molecule has 20 heavy (non-hydrogen) atoms. The molecule has 0 saturated heterocycles. The Balaban J connectivity index is 2.03. The van der Waals surface area contributed by atoms with E-state index in [0.717, 1.165) is 22.4 Å². The summed E-state index contributed by atoms with van der Waals surface area (Å²) in [6.07, 6.45) is 0. The molecule has 3 rings (SSSR count). The maximum absolute atomic E-state index is 4.55. The molecule has 0 amide bonds. The van der Waals surface area contributed by atoms with Gasteiger partial charge in [0.2, 0.25) is 5.95 Å². The zero-order chi connectivity index (χ0) is 13.9. The van der Waals surface area contributed by atoms with Crippen LogP contribution in [0.15, 0.2) is 48.5 Å². The molecular weight excluding hydrogens is 248 g/mol. The van der Waals surface area contributed by atoms with Gasteiger partial charge in [0.25, 0.3) is 0 Å². The molecule has 100 valence electrons. The fraction of sp³-hybridized carbons (Fsp3) is 0.125. The van der Waals surface area contributed by atoms with Gasteiger partial charge < -0.3 is 10.6 Å². The van der Waals surface area contributed by atoms with E-state index in [9.17, 15) is 0 Å². The SMILES string of the molecule is CNc1nc(Nc2cccc(C)c2)nc2ccccc12. The highest BCUT2D eigenvalue weighted by Gasteiger charge is 2.06. The van der Waals surface area contributed by atoms with E-state index in [1.807, 2.05) is 43.4 Å². The average molecular weight is 264 g/mol. The number of fused-ring (bicyclic) bond motifs is 1. The first-order valence-corrected chi connectivity index (χ1v) is 6.54. The third kappa shape index (κ3) is 2.40. The Hall–Kier alpha value is -2.62. The first-order chi connectivity index (χ1) is 9.76. The Labute approximate surface area is 117 Å². The summed E-state index contributed by atoms with van der Waals surface area (Å²) in [5.74, 6) is 1.42. The van der Waals surface area contributed by atoms with Crippen LogP contribution in [0.2, 0.25) is 0 Å². The van der Waals surface area contributed by atoms with Crippen LogP contribution in [0.25, 0.3) is 10.9 Å². The Morgan fingerprint density at radius 1 is 0.950 bits per heavy atom. The molecule has 1 heterocycles. The van der Waals surface area contributed by atoms with Crippen molar-refractivity contribution in [2.24, 2.45) is 0 Å². The van der Waals surface area contributed by atoms with Crippen LogP contribution in [0.3, 0.4) is 0 Å². The lowest BCUT2D eigenvalue weighted by Crippen LogP contribution is -2.02. The highest BCUT2D eigenvalue weighted by molar-refractivity contribution is 5.90. The van der Waals surface area contributed by atoms with E-state index in [2.05, 4.69) is 39.7 Å². The van der Waals surface area contributed by atoms with Crippen LogP contribution in [-0.4, -0.2) is 17.0 Å². The molecule has 0 bridgehead atoms. The summed E-state index contributed by atoms with van der Waals surface area (Å²) in [7, 11) is 1.87. The second-order valence-corrected chi connectivity index (χ2v) is 4.66. The molecule has 0 aliphatic carbocycles. The molecule has 0 unspecified atom stereocenters. The summed E-state index contributed by atoms with van der Waals surface area (Å²) >= 11 is 0. The van der Waals surface area contributed by atoms with Gasteiger partial charge in [-0.3, -0.25) is 0 Å². The van der Waals surface area contributed by atoms with Crippen molar-refractivity contribution < 1.29 is 0 Å². The number of aryl methyl sites for hydroxylation is 1. The smallest absolute Gasteiger partial charge is 0.229 e. The lowest BCUT2D eigenvalue weighted by atomic mass is 10.2.